The van der Waals surface area contributed by atoms with Crippen molar-refractivity contribution in [2.24, 2.45) is 0 Å². The molecule has 1 saturated heterocycles. The van der Waals surface area contributed by atoms with Gasteiger partial charge in [0.05, 0.1) is 29.7 Å². The highest BCUT2D eigenvalue weighted by Gasteiger charge is 2.33. The molecule has 1 atom stereocenters. The summed E-state index contributed by atoms with van der Waals surface area (Å²) < 4.78 is 46.5. The van der Waals surface area contributed by atoms with Gasteiger partial charge in [0.15, 0.2) is 16.3 Å². The lowest BCUT2D eigenvalue weighted by Crippen LogP contribution is -2.30. The average Bonchev–Trinajstić information content (AvgIpc) is 3.27. The molecule has 2 aromatic heterocycles. The second kappa shape index (κ2) is 9.25. The van der Waals surface area contributed by atoms with Crippen molar-refractivity contribution in [3.05, 3.63) is 52.6 Å². The number of amides is 1. The molecular formula is C20H18F3N5O3S. The van der Waals surface area contributed by atoms with Gasteiger partial charge in [0, 0.05) is 19.0 Å². The Morgan fingerprint density at radius 1 is 1.25 bits per heavy atom. The quantitative estimate of drug-likeness (QED) is 0.441. The fourth-order valence-electron chi connectivity index (χ4n) is 3.35. The second-order valence-electron chi connectivity index (χ2n) is 7.05. The highest BCUT2D eigenvalue weighted by molar-refractivity contribution is 7.99. The summed E-state index contributed by atoms with van der Waals surface area (Å²) >= 11 is 0.935. The second-order valence-corrected chi connectivity index (χ2v) is 8.00. The van der Waals surface area contributed by atoms with E-state index in [0.29, 0.717) is 6.61 Å². The summed E-state index contributed by atoms with van der Waals surface area (Å²) in [5, 5.41) is 2.50. The minimum atomic E-state index is -4.60. The average molecular weight is 465 g/mol. The summed E-state index contributed by atoms with van der Waals surface area (Å²) in [6.45, 7) is 0.836. The van der Waals surface area contributed by atoms with Gasteiger partial charge < -0.3 is 10.1 Å². The van der Waals surface area contributed by atoms with E-state index in [1.54, 1.807) is 0 Å². The van der Waals surface area contributed by atoms with Gasteiger partial charge in [-0.2, -0.15) is 13.2 Å². The van der Waals surface area contributed by atoms with Gasteiger partial charge >= 0.3 is 6.18 Å². The lowest BCUT2D eigenvalue weighted by Gasteiger charge is -2.16. The largest absolute Gasteiger partial charge is 0.418 e. The minimum Gasteiger partial charge on any atom is -0.376 e. The van der Waals surface area contributed by atoms with E-state index in [0.717, 1.165) is 30.7 Å². The molecule has 4 rings (SSSR count). The number of alkyl halides is 3. The number of rotatable bonds is 6. The number of hydrogen-bond donors (Lipinski definition) is 1. The Morgan fingerprint density at radius 3 is 2.78 bits per heavy atom. The maximum Gasteiger partial charge on any atom is 0.418 e. The molecule has 1 amide bonds. The number of thioether (sulfide) groups is 1. The first-order valence-electron chi connectivity index (χ1n) is 9.75. The van der Waals surface area contributed by atoms with Crippen molar-refractivity contribution in [1.29, 1.82) is 0 Å². The Labute approximate surface area is 184 Å². The van der Waals surface area contributed by atoms with Crippen LogP contribution in [0.25, 0.3) is 11.2 Å². The van der Waals surface area contributed by atoms with Crippen LogP contribution in [-0.4, -0.2) is 43.9 Å². The van der Waals surface area contributed by atoms with Gasteiger partial charge in [-0.15, -0.1) is 0 Å². The molecule has 0 radical (unpaired) electrons. The van der Waals surface area contributed by atoms with E-state index in [4.69, 9.17) is 4.74 Å². The number of carbonyl (C=O) groups excluding carboxylic acids is 1. The van der Waals surface area contributed by atoms with Gasteiger partial charge in [-0.3, -0.25) is 14.2 Å². The van der Waals surface area contributed by atoms with Gasteiger partial charge in [-0.25, -0.2) is 15.0 Å². The Balaban J connectivity index is 1.56. The van der Waals surface area contributed by atoms with Crippen LogP contribution in [0.4, 0.5) is 18.9 Å². The molecule has 3 aromatic rings. The molecule has 1 unspecified atom stereocenters. The molecule has 32 heavy (non-hydrogen) atoms. The van der Waals surface area contributed by atoms with E-state index < -0.39 is 23.2 Å². The van der Waals surface area contributed by atoms with Crippen LogP contribution in [0.1, 0.15) is 18.4 Å². The molecule has 1 fully saturated rings. The van der Waals surface area contributed by atoms with Crippen LogP contribution >= 0.6 is 11.8 Å². The molecule has 1 N–H and O–H groups in total. The van der Waals surface area contributed by atoms with Crippen molar-refractivity contribution in [3.63, 3.8) is 0 Å². The molecule has 0 bridgehead atoms. The lowest BCUT2D eigenvalue weighted by molar-refractivity contribution is -0.137. The first-order chi connectivity index (χ1) is 15.3. The first kappa shape index (κ1) is 22.2. The number of nitrogens with zero attached hydrogens (tertiary/aromatic N) is 4. The highest BCUT2D eigenvalue weighted by atomic mass is 32.2. The molecule has 12 heteroatoms. The van der Waals surface area contributed by atoms with Crippen molar-refractivity contribution in [2.45, 2.75) is 36.8 Å². The van der Waals surface area contributed by atoms with Crippen molar-refractivity contribution >= 4 is 34.5 Å². The number of benzene rings is 1. The van der Waals surface area contributed by atoms with Crippen LogP contribution < -0.4 is 10.9 Å². The van der Waals surface area contributed by atoms with Crippen LogP contribution in [0.5, 0.6) is 0 Å². The first-order valence-corrected chi connectivity index (χ1v) is 10.7. The van der Waals surface area contributed by atoms with E-state index >= 15 is 0 Å². The number of aromatic nitrogens is 4. The summed E-state index contributed by atoms with van der Waals surface area (Å²) in [6.07, 6.45) is -0.324. The maximum atomic E-state index is 13.2. The van der Waals surface area contributed by atoms with E-state index in [9.17, 15) is 22.8 Å². The Hall–Kier alpha value is -2.99. The fourth-order valence-corrected chi connectivity index (χ4v) is 4.14. The molecule has 3 heterocycles. The zero-order valence-electron chi connectivity index (χ0n) is 16.6. The zero-order chi connectivity index (χ0) is 22.7. The number of anilines is 1. The third-order valence-electron chi connectivity index (χ3n) is 4.81. The molecule has 168 valence electrons. The van der Waals surface area contributed by atoms with Crippen LogP contribution in [0.15, 0.2) is 46.6 Å². The number of halogens is 3. The summed E-state index contributed by atoms with van der Waals surface area (Å²) in [4.78, 5) is 37.8. The Morgan fingerprint density at radius 2 is 2.03 bits per heavy atom. The number of fused-ring (bicyclic) bond motifs is 1. The summed E-state index contributed by atoms with van der Waals surface area (Å²) in [5.41, 5.74) is -1.46. The number of carbonyl (C=O) groups is 1. The molecular weight excluding hydrogens is 447 g/mol. The topological polar surface area (TPSA) is 99.0 Å². The van der Waals surface area contributed by atoms with Crippen molar-refractivity contribution in [2.75, 3.05) is 17.7 Å². The molecule has 1 aliphatic rings. The van der Waals surface area contributed by atoms with E-state index in [2.05, 4.69) is 20.3 Å². The van der Waals surface area contributed by atoms with Crippen LogP contribution in [0.2, 0.25) is 0 Å². The SMILES string of the molecule is O=C(CSc1nc2nccnc2c(=O)n1CC1CCCO1)Nc1ccccc1C(F)(F)F. The van der Waals surface area contributed by atoms with Gasteiger partial charge in [-0.05, 0) is 25.0 Å². The van der Waals surface area contributed by atoms with Crippen molar-refractivity contribution < 1.29 is 22.7 Å². The monoisotopic (exact) mass is 465 g/mol. The molecule has 0 saturated carbocycles. The third-order valence-corrected chi connectivity index (χ3v) is 5.78. The fraction of sp³-hybridized carbons (Fsp3) is 0.350. The normalized spacial score (nSPS) is 16.4. The van der Waals surface area contributed by atoms with Gasteiger partial charge in [-0.1, -0.05) is 23.9 Å². The van der Waals surface area contributed by atoms with Gasteiger partial charge in [0.1, 0.15) is 0 Å². The Kier molecular flexibility index (Phi) is 6.42. The summed E-state index contributed by atoms with van der Waals surface area (Å²) in [6, 6.07) is 4.73. The Bertz CT molecular complexity index is 1200. The summed E-state index contributed by atoms with van der Waals surface area (Å²) in [7, 11) is 0. The van der Waals surface area contributed by atoms with Gasteiger partial charge in [0.25, 0.3) is 5.56 Å². The molecule has 1 aliphatic heterocycles. The molecule has 8 nitrogen and oxygen atoms in total. The third kappa shape index (κ3) is 4.91. The van der Waals surface area contributed by atoms with Gasteiger partial charge in [0.2, 0.25) is 5.91 Å². The number of hydrogen-bond acceptors (Lipinski definition) is 7. The van der Waals surface area contributed by atoms with Crippen LogP contribution in [-0.2, 0) is 22.3 Å². The predicted octanol–water partition coefficient (Wildman–Crippen LogP) is 3.12. The van der Waals surface area contributed by atoms with Crippen LogP contribution in [0.3, 0.4) is 0 Å². The van der Waals surface area contributed by atoms with Crippen molar-refractivity contribution in [3.8, 4) is 0 Å². The maximum absolute atomic E-state index is 13.2. The highest BCUT2D eigenvalue weighted by Crippen LogP contribution is 2.34. The van der Waals surface area contributed by atoms with E-state index in [-0.39, 0.29) is 40.4 Å². The zero-order valence-corrected chi connectivity index (χ0v) is 17.4. The van der Waals surface area contributed by atoms with Crippen molar-refractivity contribution in [1.82, 2.24) is 19.5 Å². The van der Waals surface area contributed by atoms with Crippen LogP contribution in [0, 0.1) is 0 Å². The number of ether oxygens (including phenoxy) is 1. The smallest absolute Gasteiger partial charge is 0.376 e. The van der Waals surface area contributed by atoms with E-state index in [1.165, 1.54) is 35.2 Å². The minimum absolute atomic E-state index is 0.0957. The summed E-state index contributed by atoms with van der Waals surface area (Å²) in [5.74, 6) is -0.917. The number of nitrogens with one attached hydrogen (secondary N) is 1. The standard InChI is InChI=1S/C20H18F3N5O3S/c21-20(22,23)13-5-1-2-6-14(13)26-15(29)11-32-19-27-17-16(24-7-8-25-17)18(30)28(19)10-12-4-3-9-31-12/h1-2,5-8,12H,3-4,9-11H2,(H,26,29). The molecule has 0 aliphatic carbocycles. The molecule has 1 aromatic carbocycles. The molecule has 0 spiro atoms. The van der Waals surface area contributed by atoms with E-state index in [1.807, 2.05) is 0 Å². The predicted molar refractivity (Wildman–Crippen MR) is 111 cm³/mol. The lowest BCUT2D eigenvalue weighted by atomic mass is 10.1. The number of para-hydroxylation sites is 1.